The van der Waals surface area contributed by atoms with E-state index in [-0.39, 0.29) is 5.91 Å². The number of hydrogen-bond acceptors (Lipinski definition) is 3. The minimum absolute atomic E-state index is 0.329. The maximum absolute atomic E-state index is 12.3. The van der Waals surface area contributed by atoms with Crippen LogP contribution in [0.15, 0.2) is 77.9 Å². The van der Waals surface area contributed by atoms with E-state index in [9.17, 15) is 4.79 Å². The van der Waals surface area contributed by atoms with Gasteiger partial charge in [-0.25, -0.2) is 5.43 Å². The van der Waals surface area contributed by atoms with E-state index in [1.807, 2.05) is 54.6 Å². The summed E-state index contributed by atoms with van der Waals surface area (Å²) in [6, 6.07) is 22.9. The monoisotopic (exact) mass is 374 g/mol. The van der Waals surface area contributed by atoms with Crippen LogP contribution in [-0.2, 0) is 0 Å². The first kappa shape index (κ1) is 17.0. The van der Waals surface area contributed by atoms with E-state index in [0.717, 1.165) is 21.9 Å². The predicted octanol–water partition coefficient (Wildman–Crippen LogP) is 4.65. The quantitative estimate of drug-likeness (QED) is 0.403. The molecule has 1 heterocycles. The van der Waals surface area contributed by atoms with E-state index in [2.05, 4.69) is 20.7 Å². The molecule has 2 N–H and O–H groups in total. The number of rotatable bonds is 4. The first-order valence-electron chi connectivity index (χ1n) is 8.33. The van der Waals surface area contributed by atoms with E-state index < -0.39 is 0 Å². The summed E-state index contributed by atoms with van der Waals surface area (Å²) >= 11 is 5.89. The summed E-state index contributed by atoms with van der Waals surface area (Å²) in [6.07, 6.45) is 1.64. The molecule has 0 saturated carbocycles. The Hall–Kier alpha value is -3.44. The summed E-state index contributed by atoms with van der Waals surface area (Å²) in [5, 5.41) is 13.8. The van der Waals surface area contributed by atoms with E-state index in [1.54, 1.807) is 24.4 Å². The van der Waals surface area contributed by atoms with Gasteiger partial charge in [0.1, 0.15) is 5.69 Å². The van der Waals surface area contributed by atoms with Crippen molar-refractivity contribution >= 4 is 34.5 Å². The number of H-pyrrole nitrogens is 1. The lowest BCUT2D eigenvalue weighted by atomic mass is 10.1. The Bertz CT molecular complexity index is 1130. The maximum Gasteiger partial charge on any atom is 0.289 e. The number of carbonyl (C=O) groups is 1. The van der Waals surface area contributed by atoms with Gasteiger partial charge in [0.2, 0.25) is 0 Å². The maximum atomic E-state index is 12.3. The molecular formula is C21H15ClN4O. The molecule has 0 saturated heterocycles. The number of hydrazone groups is 1. The Kier molecular flexibility index (Phi) is 4.68. The number of carbonyl (C=O) groups excluding carboxylic acids is 1. The van der Waals surface area contributed by atoms with Gasteiger partial charge in [0.05, 0.1) is 11.9 Å². The minimum atomic E-state index is -0.362. The third kappa shape index (κ3) is 3.73. The molecule has 6 heteroatoms. The van der Waals surface area contributed by atoms with Crippen LogP contribution >= 0.6 is 11.6 Å². The highest BCUT2D eigenvalue weighted by molar-refractivity contribution is 6.30. The largest absolute Gasteiger partial charge is 0.289 e. The Morgan fingerprint density at radius 1 is 1.04 bits per heavy atom. The molecule has 0 fully saturated rings. The standard InChI is InChI=1S/C21H15ClN4O/c22-17-10-8-15(9-11-17)19-12-20(25-24-19)21(27)26-23-13-16-6-3-5-14-4-1-2-7-18(14)16/h1-13H,(H,24,25)(H,26,27)/b23-13-. The van der Waals surface area contributed by atoms with Gasteiger partial charge >= 0.3 is 0 Å². The summed E-state index contributed by atoms with van der Waals surface area (Å²) < 4.78 is 0. The smallest absolute Gasteiger partial charge is 0.272 e. The van der Waals surface area contributed by atoms with Gasteiger partial charge in [-0.2, -0.15) is 10.2 Å². The second kappa shape index (κ2) is 7.43. The van der Waals surface area contributed by atoms with Crippen LogP contribution in [0.25, 0.3) is 22.0 Å². The van der Waals surface area contributed by atoms with E-state index in [4.69, 9.17) is 11.6 Å². The highest BCUT2D eigenvalue weighted by atomic mass is 35.5. The van der Waals surface area contributed by atoms with Gasteiger partial charge in [-0.1, -0.05) is 66.2 Å². The number of nitrogens with zero attached hydrogens (tertiary/aromatic N) is 2. The van der Waals surface area contributed by atoms with Crippen LogP contribution in [0, 0.1) is 0 Å². The molecule has 132 valence electrons. The van der Waals surface area contributed by atoms with Gasteiger partial charge in [0, 0.05) is 16.1 Å². The van der Waals surface area contributed by atoms with Gasteiger partial charge in [-0.15, -0.1) is 0 Å². The summed E-state index contributed by atoms with van der Waals surface area (Å²) in [5.41, 5.74) is 5.31. The number of hydrogen-bond donors (Lipinski definition) is 2. The Morgan fingerprint density at radius 2 is 1.81 bits per heavy atom. The molecule has 0 atom stereocenters. The van der Waals surface area contributed by atoms with Crippen molar-refractivity contribution in [2.75, 3.05) is 0 Å². The fraction of sp³-hybridized carbons (Fsp3) is 0. The number of halogens is 1. The zero-order chi connectivity index (χ0) is 18.6. The summed E-state index contributed by atoms with van der Waals surface area (Å²) in [6.45, 7) is 0. The molecule has 0 radical (unpaired) electrons. The number of aromatic amines is 1. The molecule has 5 nitrogen and oxygen atoms in total. The molecular weight excluding hydrogens is 360 g/mol. The van der Waals surface area contributed by atoms with Gasteiger partial charge in [-0.3, -0.25) is 9.89 Å². The van der Waals surface area contributed by atoms with E-state index in [1.165, 1.54) is 0 Å². The zero-order valence-electron chi connectivity index (χ0n) is 14.2. The lowest BCUT2D eigenvalue weighted by molar-refractivity contribution is 0.0950. The molecule has 1 aromatic heterocycles. The second-order valence-corrected chi connectivity index (χ2v) is 6.38. The average Bonchev–Trinajstić information content (AvgIpc) is 3.19. The van der Waals surface area contributed by atoms with Gasteiger partial charge in [-0.05, 0) is 29.0 Å². The third-order valence-corrected chi connectivity index (χ3v) is 4.41. The number of aromatic nitrogens is 2. The van der Waals surface area contributed by atoms with Gasteiger partial charge in [0.15, 0.2) is 0 Å². The molecule has 0 unspecified atom stereocenters. The van der Waals surface area contributed by atoms with Crippen molar-refractivity contribution in [1.82, 2.24) is 15.6 Å². The molecule has 0 aliphatic rings. The Morgan fingerprint density at radius 3 is 2.67 bits per heavy atom. The van der Waals surface area contributed by atoms with Crippen LogP contribution in [0.2, 0.25) is 5.02 Å². The Balaban J connectivity index is 1.48. The van der Waals surface area contributed by atoms with Gasteiger partial charge in [0.25, 0.3) is 5.91 Å². The molecule has 0 spiro atoms. The van der Waals surface area contributed by atoms with E-state index in [0.29, 0.717) is 16.4 Å². The molecule has 3 aromatic carbocycles. The fourth-order valence-corrected chi connectivity index (χ4v) is 2.92. The van der Waals surface area contributed by atoms with E-state index >= 15 is 0 Å². The number of benzene rings is 3. The number of fused-ring (bicyclic) bond motifs is 1. The summed E-state index contributed by atoms with van der Waals surface area (Å²) in [4.78, 5) is 12.3. The van der Waals surface area contributed by atoms with Crippen molar-refractivity contribution in [2.45, 2.75) is 0 Å². The zero-order valence-corrected chi connectivity index (χ0v) is 14.9. The van der Waals surface area contributed by atoms with Crippen LogP contribution in [0.3, 0.4) is 0 Å². The average molecular weight is 375 g/mol. The minimum Gasteiger partial charge on any atom is -0.272 e. The van der Waals surface area contributed by atoms with Crippen LogP contribution in [0.1, 0.15) is 16.1 Å². The van der Waals surface area contributed by atoms with Crippen LogP contribution in [0.4, 0.5) is 0 Å². The molecule has 4 rings (SSSR count). The lowest BCUT2D eigenvalue weighted by Crippen LogP contribution is -2.18. The fourth-order valence-electron chi connectivity index (χ4n) is 2.79. The lowest BCUT2D eigenvalue weighted by Gasteiger charge is -2.01. The molecule has 0 aliphatic carbocycles. The topological polar surface area (TPSA) is 70.1 Å². The van der Waals surface area contributed by atoms with Crippen molar-refractivity contribution < 1.29 is 4.79 Å². The first-order valence-corrected chi connectivity index (χ1v) is 8.71. The SMILES string of the molecule is O=C(N/N=C\c1cccc2ccccc12)c1cc(-c2ccc(Cl)cc2)n[nH]1. The predicted molar refractivity (Wildman–Crippen MR) is 108 cm³/mol. The van der Waals surface area contributed by atoms with Gasteiger partial charge < -0.3 is 0 Å². The highest BCUT2D eigenvalue weighted by Crippen LogP contribution is 2.20. The first-order chi connectivity index (χ1) is 13.2. The van der Waals surface area contributed by atoms with Crippen LogP contribution in [-0.4, -0.2) is 22.3 Å². The Labute approximate surface area is 160 Å². The van der Waals surface area contributed by atoms with Crippen molar-refractivity contribution in [3.05, 3.63) is 89.1 Å². The summed E-state index contributed by atoms with van der Waals surface area (Å²) in [7, 11) is 0. The normalized spacial score (nSPS) is 11.1. The van der Waals surface area contributed by atoms with Crippen molar-refractivity contribution in [3.8, 4) is 11.3 Å². The molecule has 0 aliphatic heterocycles. The summed E-state index contributed by atoms with van der Waals surface area (Å²) in [5.74, 6) is -0.362. The molecule has 1 amide bonds. The molecule has 27 heavy (non-hydrogen) atoms. The van der Waals surface area contributed by atoms with Crippen molar-refractivity contribution in [1.29, 1.82) is 0 Å². The van der Waals surface area contributed by atoms with Crippen molar-refractivity contribution in [3.63, 3.8) is 0 Å². The van der Waals surface area contributed by atoms with Crippen LogP contribution in [0.5, 0.6) is 0 Å². The highest BCUT2D eigenvalue weighted by Gasteiger charge is 2.10. The number of amides is 1. The number of nitrogens with one attached hydrogen (secondary N) is 2. The molecule has 0 bridgehead atoms. The molecule has 4 aromatic rings. The third-order valence-electron chi connectivity index (χ3n) is 4.16. The van der Waals surface area contributed by atoms with Crippen molar-refractivity contribution in [2.24, 2.45) is 5.10 Å². The second-order valence-electron chi connectivity index (χ2n) is 5.94. The van der Waals surface area contributed by atoms with Crippen LogP contribution < -0.4 is 5.43 Å².